The molecule has 1 amide bonds. The van der Waals surface area contributed by atoms with Crippen LogP contribution in [0, 0.1) is 0 Å². The van der Waals surface area contributed by atoms with E-state index in [0.717, 1.165) is 6.42 Å². The Morgan fingerprint density at radius 3 is 2.92 bits per heavy atom. The fraction of sp³-hybridized carbons (Fsp3) is 0.667. The highest BCUT2D eigenvalue weighted by atomic mass is 16.3. The van der Waals surface area contributed by atoms with E-state index in [4.69, 9.17) is 0 Å². The number of carbonyl (C=O) groups is 1. The highest BCUT2D eigenvalue weighted by Crippen LogP contribution is 2.30. The van der Waals surface area contributed by atoms with Crippen LogP contribution in [0.4, 0.5) is 0 Å². The topological polar surface area (TPSA) is 40.5 Å². The summed E-state index contributed by atoms with van der Waals surface area (Å²) >= 11 is 0. The predicted molar refractivity (Wildman–Crippen MR) is 46.4 cm³/mol. The molecule has 1 N–H and O–H groups in total. The maximum Gasteiger partial charge on any atom is 0.224 e. The first-order valence-corrected chi connectivity index (χ1v) is 4.20. The average molecular weight is 169 g/mol. The van der Waals surface area contributed by atoms with Crippen molar-refractivity contribution in [3.05, 3.63) is 12.7 Å². The highest BCUT2D eigenvalue weighted by Gasteiger charge is 2.40. The summed E-state index contributed by atoms with van der Waals surface area (Å²) in [4.78, 5) is 12.5. The highest BCUT2D eigenvalue weighted by molar-refractivity contribution is 5.78. The normalized spacial score (nSPS) is 29.5. The minimum Gasteiger partial charge on any atom is -0.371 e. The molecule has 1 aliphatic rings. The molecule has 0 bridgehead atoms. The van der Waals surface area contributed by atoms with Crippen molar-refractivity contribution in [1.29, 1.82) is 0 Å². The second kappa shape index (κ2) is 3.27. The van der Waals surface area contributed by atoms with Crippen LogP contribution < -0.4 is 0 Å². The van der Waals surface area contributed by atoms with Crippen LogP contribution in [0.25, 0.3) is 0 Å². The minimum atomic E-state index is -0.911. The van der Waals surface area contributed by atoms with E-state index >= 15 is 0 Å². The molecular weight excluding hydrogens is 154 g/mol. The summed E-state index contributed by atoms with van der Waals surface area (Å²) in [6, 6.07) is 0. The summed E-state index contributed by atoms with van der Waals surface area (Å²) in [6.45, 7) is 3.58. The lowest BCUT2D eigenvalue weighted by Crippen LogP contribution is -2.42. The Labute approximate surface area is 72.7 Å². The molecule has 1 heterocycles. The van der Waals surface area contributed by atoms with Gasteiger partial charge in [-0.2, -0.15) is 0 Å². The smallest absolute Gasteiger partial charge is 0.224 e. The van der Waals surface area contributed by atoms with Crippen LogP contribution in [0.15, 0.2) is 12.7 Å². The average Bonchev–Trinajstić information content (AvgIpc) is 2.31. The van der Waals surface area contributed by atoms with Crippen LogP contribution in [-0.2, 0) is 4.79 Å². The zero-order valence-corrected chi connectivity index (χ0v) is 7.42. The van der Waals surface area contributed by atoms with E-state index in [1.54, 1.807) is 13.1 Å². The Bertz CT molecular complexity index is 203. The maximum absolute atomic E-state index is 11.1. The van der Waals surface area contributed by atoms with Crippen LogP contribution in [0.1, 0.15) is 25.7 Å². The van der Waals surface area contributed by atoms with Crippen molar-refractivity contribution in [2.75, 3.05) is 7.05 Å². The second-order valence-electron chi connectivity index (χ2n) is 3.26. The summed E-state index contributed by atoms with van der Waals surface area (Å²) in [5.74, 6) is 0.0292. The fourth-order valence-electron chi connectivity index (χ4n) is 1.50. The zero-order chi connectivity index (χ0) is 9.19. The minimum absolute atomic E-state index is 0.0292. The molecule has 1 fully saturated rings. The van der Waals surface area contributed by atoms with E-state index in [2.05, 4.69) is 6.58 Å². The molecule has 0 spiro atoms. The Kier molecular flexibility index (Phi) is 2.52. The van der Waals surface area contributed by atoms with E-state index < -0.39 is 5.72 Å². The van der Waals surface area contributed by atoms with Crippen LogP contribution in [0.3, 0.4) is 0 Å². The van der Waals surface area contributed by atoms with Gasteiger partial charge in [0.25, 0.3) is 0 Å². The molecule has 0 radical (unpaired) electrons. The Morgan fingerprint density at radius 1 is 1.83 bits per heavy atom. The standard InChI is InChI=1S/C9H15NO2/c1-3-4-6-9(12)7-5-8(11)10(9)2/h3,12H,1,4-7H2,2H3. The van der Waals surface area contributed by atoms with Gasteiger partial charge in [0, 0.05) is 19.9 Å². The van der Waals surface area contributed by atoms with Gasteiger partial charge >= 0.3 is 0 Å². The third-order valence-electron chi connectivity index (χ3n) is 2.49. The van der Waals surface area contributed by atoms with Crippen molar-refractivity contribution in [3.63, 3.8) is 0 Å². The lowest BCUT2D eigenvalue weighted by molar-refractivity contribution is -0.142. The van der Waals surface area contributed by atoms with Gasteiger partial charge in [-0.25, -0.2) is 0 Å². The van der Waals surface area contributed by atoms with Gasteiger partial charge in [0.05, 0.1) is 0 Å². The van der Waals surface area contributed by atoms with Gasteiger partial charge < -0.3 is 10.0 Å². The monoisotopic (exact) mass is 169 g/mol. The number of rotatable bonds is 3. The molecule has 1 aliphatic heterocycles. The third-order valence-corrected chi connectivity index (χ3v) is 2.49. The molecule has 1 atom stereocenters. The first-order chi connectivity index (χ1) is 5.60. The van der Waals surface area contributed by atoms with Crippen molar-refractivity contribution >= 4 is 5.91 Å². The molecule has 0 aliphatic carbocycles. The van der Waals surface area contributed by atoms with Crippen molar-refractivity contribution in [2.45, 2.75) is 31.4 Å². The number of nitrogens with zero attached hydrogens (tertiary/aromatic N) is 1. The molecule has 1 rings (SSSR count). The SMILES string of the molecule is C=CCCC1(O)CCC(=O)N1C. The van der Waals surface area contributed by atoms with Gasteiger partial charge in [-0.15, -0.1) is 6.58 Å². The van der Waals surface area contributed by atoms with Crippen LogP contribution in [0.5, 0.6) is 0 Å². The lowest BCUT2D eigenvalue weighted by Gasteiger charge is -2.30. The first kappa shape index (κ1) is 9.26. The molecule has 3 nitrogen and oxygen atoms in total. The van der Waals surface area contributed by atoms with Gasteiger partial charge in [0.2, 0.25) is 5.91 Å². The summed E-state index contributed by atoms with van der Waals surface area (Å²) in [5, 5.41) is 9.92. The summed E-state index contributed by atoms with van der Waals surface area (Å²) in [6.07, 6.45) is 4.11. The number of amides is 1. The molecule has 0 aromatic carbocycles. The van der Waals surface area contributed by atoms with E-state index in [-0.39, 0.29) is 5.91 Å². The molecule has 12 heavy (non-hydrogen) atoms. The number of likely N-dealkylation sites (tertiary alicyclic amines) is 1. The molecule has 1 unspecified atom stereocenters. The second-order valence-corrected chi connectivity index (χ2v) is 3.26. The summed E-state index contributed by atoms with van der Waals surface area (Å²) < 4.78 is 0. The zero-order valence-electron chi connectivity index (χ0n) is 7.42. The van der Waals surface area contributed by atoms with Crippen LogP contribution in [0.2, 0.25) is 0 Å². The van der Waals surface area contributed by atoms with Crippen molar-refractivity contribution < 1.29 is 9.90 Å². The number of hydrogen-bond acceptors (Lipinski definition) is 2. The molecule has 68 valence electrons. The Morgan fingerprint density at radius 2 is 2.50 bits per heavy atom. The number of aliphatic hydroxyl groups is 1. The van der Waals surface area contributed by atoms with Crippen molar-refractivity contribution in [1.82, 2.24) is 4.90 Å². The predicted octanol–water partition coefficient (Wildman–Crippen LogP) is 0.893. The quantitative estimate of drug-likeness (QED) is 0.637. The van der Waals surface area contributed by atoms with E-state index in [9.17, 15) is 9.90 Å². The van der Waals surface area contributed by atoms with E-state index in [0.29, 0.717) is 19.3 Å². The number of hydrogen-bond donors (Lipinski definition) is 1. The lowest BCUT2D eigenvalue weighted by atomic mass is 10.1. The fourth-order valence-corrected chi connectivity index (χ4v) is 1.50. The van der Waals surface area contributed by atoms with Crippen LogP contribution >= 0.6 is 0 Å². The van der Waals surface area contributed by atoms with E-state index in [1.165, 1.54) is 4.90 Å². The molecule has 1 saturated heterocycles. The first-order valence-electron chi connectivity index (χ1n) is 4.20. The van der Waals surface area contributed by atoms with E-state index in [1.807, 2.05) is 0 Å². The molecule has 0 saturated carbocycles. The molecule has 0 aromatic rings. The number of carbonyl (C=O) groups excluding carboxylic acids is 1. The van der Waals surface area contributed by atoms with Gasteiger partial charge in [-0.1, -0.05) is 6.08 Å². The van der Waals surface area contributed by atoms with Gasteiger partial charge in [0.1, 0.15) is 5.72 Å². The largest absolute Gasteiger partial charge is 0.371 e. The maximum atomic E-state index is 11.1. The van der Waals surface area contributed by atoms with Crippen molar-refractivity contribution in [3.8, 4) is 0 Å². The van der Waals surface area contributed by atoms with Gasteiger partial charge in [0.15, 0.2) is 0 Å². The van der Waals surface area contributed by atoms with Crippen molar-refractivity contribution in [2.24, 2.45) is 0 Å². The van der Waals surface area contributed by atoms with Gasteiger partial charge in [-0.3, -0.25) is 4.79 Å². The third kappa shape index (κ3) is 1.50. The van der Waals surface area contributed by atoms with Crippen LogP contribution in [-0.4, -0.2) is 28.7 Å². The summed E-state index contributed by atoms with van der Waals surface area (Å²) in [7, 11) is 1.65. The number of allylic oxidation sites excluding steroid dienone is 1. The molecule has 0 aromatic heterocycles. The molecule has 3 heteroatoms. The molecular formula is C9H15NO2. The Balaban J connectivity index is 2.59. The van der Waals surface area contributed by atoms with Gasteiger partial charge in [-0.05, 0) is 12.8 Å². The summed E-state index contributed by atoms with van der Waals surface area (Å²) in [5.41, 5.74) is -0.911. The Hall–Kier alpha value is -0.830.